The van der Waals surface area contributed by atoms with Gasteiger partial charge < -0.3 is 19.7 Å². The summed E-state index contributed by atoms with van der Waals surface area (Å²) in [6.45, 7) is 8.81. The van der Waals surface area contributed by atoms with E-state index in [1.807, 2.05) is 11.0 Å². The molecule has 4 rings (SSSR count). The fraction of sp³-hybridized carbons (Fsp3) is 0.455. The molecule has 1 aromatic carbocycles. The molecule has 1 aromatic heterocycles. The first-order valence-electron chi connectivity index (χ1n) is 9.84. The van der Waals surface area contributed by atoms with Crippen LogP contribution in [0.15, 0.2) is 30.5 Å². The molecule has 2 aliphatic rings. The lowest BCUT2D eigenvalue weighted by atomic mass is 10.0. The van der Waals surface area contributed by atoms with Crippen LogP contribution in [0.5, 0.6) is 0 Å². The van der Waals surface area contributed by atoms with Crippen molar-refractivity contribution >= 4 is 17.4 Å². The van der Waals surface area contributed by atoms with Gasteiger partial charge in [0.1, 0.15) is 5.82 Å². The molecule has 2 aliphatic heterocycles. The summed E-state index contributed by atoms with van der Waals surface area (Å²) in [6, 6.07) is 7.88. The van der Waals surface area contributed by atoms with E-state index >= 15 is 0 Å². The van der Waals surface area contributed by atoms with Crippen LogP contribution in [-0.2, 0) is 9.47 Å². The number of hydrogen-bond donors (Lipinski definition) is 1. The Morgan fingerprint density at radius 3 is 2.36 bits per heavy atom. The molecule has 6 heteroatoms. The third-order valence-corrected chi connectivity index (χ3v) is 5.56. The van der Waals surface area contributed by atoms with Crippen LogP contribution >= 0.6 is 0 Å². The van der Waals surface area contributed by atoms with Crippen molar-refractivity contribution in [1.82, 2.24) is 9.88 Å². The molecule has 1 N–H and O–H groups in total. The highest BCUT2D eigenvalue weighted by Crippen LogP contribution is 2.32. The van der Waals surface area contributed by atoms with E-state index in [0.29, 0.717) is 37.7 Å². The van der Waals surface area contributed by atoms with Gasteiger partial charge in [-0.1, -0.05) is 17.7 Å². The number of carbonyl (C=O) groups excluding carboxylic acids is 1. The SMILES string of the molecule is Cc1cc(C)c(Nc2cc(C(=O)N3CCC4(CC3)OCCO4)ccn2)c(C)c1. The van der Waals surface area contributed by atoms with E-state index in [1.54, 1.807) is 12.3 Å². The molecule has 0 aliphatic carbocycles. The van der Waals surface area contributed by atoms with Gasteiger partial charge in [-0.15, -0.1) is 0 Å². The zero-order valence-corrected chi connectivity index (χ0v) is 16.7. The first-order valence-corrected chi connectivity index (χ1v) is 9.84. The molecular formula is C22H27N3O3. The van der Waals surface area contributed by atoms with Crippen LogP contribution in [-0.4, -0.2) is 47.9 Å². The maximum absolute atomic E-state index is 13.0. The van der Waals surface area contributed by atoms with Crippen molar-refractivity contribution in [1.29, 1.82) is 0 Å². The molecule has 0 atom stereocenters. The number of likely N-dealkylation sites (tertiary alicyclic amines) is 1. The molecule has 3 heterocycles. The van der Waals surface area contributed by atoms with Crippen LogP contribution < -0.4 is 5.32 Å². The molecule has 0 unspecified atom stereocenters. The molecule has 2 saturated heterocycles. The van der Waals surface area contributed by atoms with Gasteiger partial charge in [0.2, 0.25) is 0 Å². The van der Waals surface area contributed by atoms with E-state index in [2.05, 4.69) is 43.2 Å². The van der Waals surface area contributed by atoms with Crippen molar-refractivity contribution in [2.24, 2.45) is 0 Å². The van der Waals surface area contributed by atoms with Crippen molar-refractivity contribution < 1.29 is 14.3 Å². The molecule has 2 fully saturated rings. The van der Waals surface area contributed by atoms with Gasteiger partial charge in [0, 0.05) is 43.4 Å². The van der Waals surface area contributed by atoms with Gasteiger partial charge in [-0.3, -0.25) is 4.79 Å². The normalized spacial score (nSPS) is 18.5. The Balaban J connectivity index is 1.47. The number of piperidine rings is 1. The summed E-state index contributed by atoms with van der Waals surface area (Å²) in [5.74, 6) is 0.231. The van der Waals surface area contributed by atoms with Gasteiger partial charge in [-0.2, -0.15) is 0 Å². The van der Waals surface area contributed by atoms with E-state index in [9.17, 15) is 4.79 Å². The molecule has 0 saturated carbocycles. The Morgan fingerprint density at radius 2 is 1.71 bits per heavy atom. The summed E-state index contributed by atoms with van der Waals surface area (Å²) >= 11 is 0. The Hall–Kier alpha value is -2.44. The zero-order valence-electron chi connectivity index (χ0n) is 16.7. The van der Waals surface area contributed by atoms with Crippen molar-refractivity contribution in [2.45, 2.75) is 39.4 Å². The second-order valence-electron chi connectivity index (χ2n) is 7.73. The highest BCUT2D eigenvalue weighted by atomic mass is 16.7. The Labute approximate surface area is 165 Å². The number of aromatic nitrogens is 1. The number of anilines is 2. The van der Waals surface area contributed by atoms with Gasteiger partial charge in [0.15, 0.2) is 5.79 Å². The topological polar surface area (TPSA) is 63.7 Å². The molecule has 1 amide bonds. The number of pyridine rings is 1. The van der Waals surface area contributed by atoms with E-state index < -0.39 is 5.79 Å². The fourth-order valence-electron chi connectivity index (χ4n) is 4.16. The number of hydrogen-bond acceptors (Lipinski definition) is 5. The van der Waals surface area contributed by atoms with Crippen LogP contribution in [0.1, 0.15) is 39.9 Å². The first kappa shape index (κ1) is 18.9. The highest BCUT2D eigenvalue weighted by molar-refractivity contribution is 5.95. The average Bonchev–Trinajstić information content (AvgIpc) is 3.13. The lowest BCUT2D eigenvalue weighted by Crippen LogP contribution is -2.47. The van der Waals surface area contributed by atoms with Gasteiger partial charge in [0.05, 0.1) is 13.2 Å². The maximum atomic E-state index is 13.0. The van der Waals surface area contributed by atoms with E-state index in [0.717, 1.165) is 29.7 Å². The van der Waals surface area contributed by atoms with E-state index in [4.69, 9.17) is 9.47 Å². The van der Waals surface area contributed by atoms with Gasteiger partial charge >= 0.3 is 0 Å². The predicted molar refractivity (Wildman–Crippen MR) is 108 cm³/mol. The lowest BCUT2D eigenvalue weighted by Gasteiger charge is -2.37. The molecule has 148 valence electrons. The quantitative estimate of drug-likeness (QED) is 0.878. The number of amides is 1. The fourth-order valence-corrected chi connectivity index (χ4v) is 4.16. The number of carbonyl (C=O) groups is 1. The van der Waals surface area contributed by atoms with E-state index in [-0.39, 0.29) is 5.91 Å². The number of benzene rings is 1. The Morgan fingerprint density at radius 1 is 1.07 bits per heavy atom. The van der Waals surface area contributed by atoms with Gasteiger partial charge in [-0.05, 0) is 44.0 Å². The van der Waals surface area contributed by atoms with Gasteiger partial charge in [0.25, 0.3) is 5.91 Å². The number of aryl methyl sites for hydroxylation is 3. The van der Waals surface area contributed by atoms with Crippen LogP contribution in [0.25, 0.3) is 0 Å². The summed E-state index contributed by atoms with van der Waals surface area (Å²) in [4.78, 5) is 19.3. The van der Waals surface area contributed by atoms with Crippen LogP contribution in [0, 0.1) is 20.8 Å². The average molecular weight is 381 g/mol. The molecular weight excluding hydrogens is 354 g/mol. The largest absolute Gasteiger partial charge is 0.347 e. The second kappa shape index (κ2) is 7.53. The van der Waals surface area contributed by atoms with Crippen LogP contribution in [0.3, 0.4) is 0 Å². The maximum Gasteiger partial charge on any atom is 0.254 e. The highest BCUT2D eigenvalue weighted by Gasteiger charge is 2.40. The predicted octanol–water partition coefficient (Wildman–Crippen LogP) is 3.73. The molecule has 0 radical (unpaired) electrons. The number of nitrogens with one attached hydrogen (secondary N) is 1. The minimum atomic E-state index is -0.470. The van der Waals surface area contributed by atoms with Crippen molar-refractivity contribution in [3.05, 3.63) is 52.7 Å². The smallest absolute Gasteiger partial charge is 0.254 e. The molecule has 0 bridgehead atoms. The summed E-state index contributed by atoms with van der Waals surface area (Å²) in [6.07, 6.45) is 3.12. The number of nitrogens with zero attached hydrogens (tertiary/aromatic N) is 2. The molecule has 1 spiro atoms. The summed E-state index contributed by atoms with van der Waals surface area (Å²) < 4.78 is 11.5. The minimum absolute atomic E-state index is 0.0237. The minimum Gasteiger partial charge on any atom is -0.347 e. The molecule has 2 aromatic rings. The van der Waals surface area contributed by atoms with E-state index in [1.165, 1.54) is 5.56 Å². The van der Waals surface area contributed by atoms with Crippen LogP contribution in [0.2, 0.25) is 0 Å². The molecule has 6 nitrogen and oxygen atoms in total. The molecule has 28 heavy (non-hydrogen) atoms. The summed E-state index contributed by atoms with van der Waals surface area (Å²) in [5.41, 5.74) is 5.24. The Bertz CT molecular complexity index is 857. The van der Waals surface area contributed by atoms with Gasteiger partial charge in [-0.25, -0.2) is 4.98 Å². The first-order chi connectivity index (χ1) is 13.5. The summed E-state index contributed by atoms with van der Waals surface area (Å²) in [7, 11) is 0. The number of ether oxygens (including phenoxy) is 2. The number of rotatable bonds is 3. The lowest BCUT2D eigenvalue weighted by molar-refractivity contribution is -0.181. The van der Waals surface area contributed by atoms with Crippen molar-refractivity contribution in [2.75, 3.05) is 31.6 Å². The second-order valence-corrected chi connectivity index (χ2v) is 7.73. The standard InChI is InChI=1S/C22H27N3O3/c1-15-12-16(2)20(17(3)13-15)24-19-14-18(4-7-23-19)21(26)25-8-5-22(6-9-25)27-10-11-28-22/h4,7,12-14H,5-6,8-11H2,1-3H3,(H,23,24). The summed E-state index contributed by atoms with van der Waals surface area (Å²) in [5, 5.41) is 3.38. The monoisotopic (exact) mass is 381 g/mol. The third-order valence-electron chi connectivity index (χ3n) is 5.56. The van der Waals surface area contributed by atoms with Crippen molar-refractivity contribution in [3.63, 3.8) is 0 Å². The Kier molecular flexibility index (Phi) is 5.08. The van der Waals surface area contributed by atoms with Crippen LogP contribution in [0.4, 0.5) is 11.5 Å². The third kappa shape index (κ3) is 3.75. The van der Waals surface area contributed by atoms with Crippen molar-refractivity contribution in [3.8, 4) is 0 Å². The zero-order chi connectivity index (χ0) is 19.7.